The Morgan fingerprint density at radius 1 is 1.07 bits per heavy atom. The lowest BCUT2D eigenvalue weighted by molar-refractivity contribution is 0.0996. The molecular weight excluding hydrogens is 362 g/mol. The number of carbonyl (C=O) groups excluding carboxylic acids is 1. The maximum atomic E-state index is 12.7. The second-order valence-electron chi connectivity index (χ2n) is 8.56. The molecule has 4 rings (SSSR count). The Kier molecular flexibility index (Phi) is 6.01. The van der Waals surface area contributed by atoms with E-state index in [1.165, 1.54) is 42.9 Å². The molecule has 0 radical (unpaired) electrons. The van der Waals surface area contributed by atoms with Gasteiger partial charge in [0.2, 0.25) is 5.76 Å². The van der Waals surface area contributed by atoms with Crippen molar-refractivity contribution in [2.45, 2.75) is 57.3 Å². The molecule has 1 amide bonds. The third-order valence-corrected chi connectivity index (χ3v) is 6.53. The fourth-order valence-electron chi connectivity index (χ4n) is 4.72. The van der Waals surface area contributed by atoms with Gasteiger partial charge in [-0.15, -0.1) is 0 Å². The number of nitriles is 1. The summed E-state index contributed by atoms with van der Waals surface area (Å²) in [6.45, 7) is 4.46. The van der Waals surface area contributed by atoms with Crippen molar-refractivity contribution in [3.63, 3.8) is 0 Å². The molecule has 152 valence electrons. The largest absolute Gasteiger partial charge is 0.440 e. The number of carbonyl (C=O) groups is 1. The van der Waals surface area contributed by atoms with E-state index < -0.39 is 0 Å². The van der Waals surface area contributed by atoms with Gasteiger partial charge in [-0.3, -0.25) is 4.79 Å². The highest BCUT2D eigenvalue weighted by Gasteiger charge is 2.25. The van der Waals surface area contributed by atoms with Gasteiger partial charge in [-0.25, -0.2) is 0 Å². The van der Waals surface area contributed by atoms with E-state index in [0.717, 1.165) is 37.5 Å². The zero-order valence-electron chi connectivity index (χ0n) is 17.0. The number of anilines is 1. The van der Waals surface area contributed by atoms with E-state index in [4.69, 9.17) is 9.68 Å². The van der Waals surface area contributed by atoms with Crippen LogP contribution in [0, 0.1) is 17.2 Å². The lowest BCUT2D eigenvalue weighted by atomic mass is 9.77. The molecule has 5 heteroatoms. The van der Waals surface area contributed by atoms with Crippen molar-refractivity contribution in [3.8, 4) is 6.07 Å². The van der Waals surface area contributed by atoms with E-state index in [9.17, 15) is 4.79 Å². The first-order chi connectivity index (χ1) is 14.1. The minimum absolute atomic E-state index is 0.151. The molecule has 2 aliphatic rings. The molecule has 1 aliphatic heterocycles. The average Bonchev–Trinajstić information content (AvgIpc) is 3.25. The number of amides is 1. The SMILES string of the molecule is CC1CCC(c2cc(C3CCNCC3)ccc2NC(=O)c2ccc(C#N)o2)CC1. The van der Waals surface area contributed by atoms with Crippen LogP contribution >= 0.6 is 0 Å². The molecule has 2 heterocycles. The third-order valence-electron chi connectivity index (χ3n) is 6.53. The molecular formula is C24H29N3O2. The van der Waals surface area contributed by atoms with Crippen LogP contribution in [-0.4, -0.2) is 19.0 Å². The van der Waals surface area contributed by atoms with Crippen LogP contribution < -0.4 is 10.6 Å². The van der Waals surface area contributed by atoms with Crippen LogP contribution in [0.4, 0.5) is 5.69 Å². The van der Waals surface area contributed by atoms with Gasteiger partial charge in [0.1, 0.15) is 6.07 Å². The van der Waals surface area contributed by atoms with Gasteiger partial charge in [0.05, 0.1) is 0 Å². The first-order valence-corrected chi connectivity index (χ1v) is 10.8. The van der Waals surface area contributed by atoms with Crippen LogP contribution in [0.3, 0.4) is 0 Å². The van der Waals surface area contributed by atoms with Crippen molar-refractivity contribution in [3.05, 3.63) is 53.0 Å². The first-order valence-electron chi connectivity index (χ1n) is 10.8. The summed E-state index contributed by atoms with van der Waals surface area (Å²) in [5.41, 5.74) is 3.53. The Balaban J connectivity index is 1.60. The molecule has 1 saturated carbocycles. The predicted octanol–water partition coefficient (Wildman–Crippen LogP) is 5.16. The van der Waals surface area contributed by atoms with Crippen molar-refractivity contribution >= 4 is 11.6 Å². The Labute approximate surface area is 172 Å². The van der Waals surface area contributed by atoms with Crippen LogP contribution in [0.25, 0.3) is 0 Å². The number of hydrogen-bond donors (Lipinski definition) is 2. The van der Waals surface area contributed by atoms with Crippen molar-refractivity contribution in [2.75, 3.05) is 18.4 Å². The maximum absolute atomic E-state index is 12.7. The monoisotopic (exact) mass is 391 g/mol. The Hall–Kier alpha value is -2.58. The first kappa shape index (κ1) is 19.7. The van der Waals surface area contributed by atoms with E-state index in [0.29, 0.717) is 11.8 Å². The van der Waals surface area contributed by atoms with Gasteiger partial charge in [0, 0.05) is 5.69 Å². The average molecular weight is 392 g/mol. The van der Waals surface area contributed by atoms with Crippen LogP contribution in [0.5, 0.6) is 0 Å². The van der Waals surface area contributed by atoms with Gasteiger partial charge in [0.15, 0.2) is 5.76 Å². The fraction of sp³-hybridized carbons (Fsp3) is 0.500. The highest BCUT2D eigenvalue weighted by molar-refractivity contribution is 6.02. The summed E-state index contributed by atoms with van der Waals surface area (Å²) in [6, 6.07) is 11.6. The Morgan fingerprint density at radius 2 is 1.83 bits per heavy atom. The highest BCUT2D eigenvalue weighted by atomic mass is 16.3. The Morgan fingerprint density at radius 3 is 2.52 bits per heavy atom. The summed E-state index contributed by atoms with van der Waals surface area (Å²) >= 11 is 0. The van der Waals surface area contributed by atoms with E-state index in [2.05, 4.69) is 35.8 Å². The van der Waals surface area contributed by atoms with E-state index in [-0.39, 0.29) is 17.4 Å². The van der Waals surface area contributed by atoms with Gasteiger partial charge in [0.25, 0.3) is 5.91 Å². The molecule has 5 nitrogen and oxygen atoms in total. The number of piperidine rings is 1. The molecule has 0 unspecified atom stereocenters. The number of nitrogens with zero attached hydrogens (tertiary/aromatic N) is 1. The quantitative estimate of drug-likeness (QED) is 0.754. The molecule has 0 bridgehead atoms. The lowest BCUT2D eigenvalue weighted by Crippen LogP contribution is -2.26. The molecule has 1 aliphatic carbocycles. The van der Waals surface area contributed by atoms with Gasteiger partial charge >= 0.3 is 0 Å². The van der Waals surface area contributed by atoms with Gasteiger partial charge in [-0.1, -0.05) is 31.9 Å². The standard InChI is InChI=1S/C24H29N3O2/c1-16-2-4-18(5-3-16)21-14-19(17-10-12-26-13-11-17)6-8-22(21)27-24(28)23-9-7-20(15-25)29-23/h6-9,14,16-18,26H,2-5,10-13H2,1H3,(H,27,28). The van der Waals surface area contributed by atoms with Crippen molar-refractivity contribution in [1.29, 1.82) is 5.26 Å². The Bertz CT molecular complexity index is 897. The summed E-state index contributed by atoms with van der Waals surface area (Å²) < 4.78 is 5.31. The highest BCUT2D eigenvalue weighted by Crippen LogP contribution is 2.40. The molecule has 1 aromatic carbocycles. The van der Waals surface area contributed by atoms with Gasteiger partial charge < -0.3 is 15.1 Å². The smallest absolute Gasteiger partial charge is 0.291 e. The lowest BCUT2D eigenvalue weighted by Gasteiger charge is -2.30. The number of nitrogens with one attached hydrogen (secondary N) is 2. The second kappa shape index (κ2) is 8.84. The summed E-state index contributed by atoms with van der Waals surface area (Å²) in [4.78, 5) is 12.7. The topological polar surface area (TPSA) is 78.1 Å². The van der Waals surface area contributed by atoms with Gasteiger partial charge in [-0.05, 0) is 85.9 Å². The third kappa shape index (κ3) is 4.54. The van der Waals surface area contributed by atoms with Crippen molar-refractivity contribution < 1.29 is 9.21 Å². The molecule has 0 atom stereocenters. The number of hydrogen-bond acceptors (Lipinski definition) is 4. The molecule has 1 saturated heterocycles. The van der Waals surface area contributed by atoms with E-state index in [1.807, 2.05) is 6.07 Å². The summed E-state index contributed by atoms with van der Waals surface area (Å²) in [6.07, 6.45) is 7.13. The number of furan rings is 1. The number of benzene rings is 1. The molecule has 2 fully saturated rings. The van der Waals surface area contributed by atoms with Crippen LogP contribution in [0.1, 0.15) is 84.7 Å². The summed E-state index contributed by atoms with van der Waals surface area (Å²) in [5, 5.41) is 15.4. The number of rotatable bonds is 4. The van der Waals surface area contributed by atoms with Crippen molar-refractivity contribution in [1.82, 2.24) is 5.32 Å². The van der Waals surface area contributed by atoms with Gasteiger partial charge in [-0.2, -0.15) is 5.26 Å². The zero-order chi connectivity index (χ0) is 20.2. The second-order valence-corrected chi connectivity index (χ2v) is 8.56. The van der Waals surface area contributed by atoms with Crippen molar-refractivity contribution in [2.24, 2.45) is 5.92 Å². The van der Waals surface area contributed by atoms with Crippen LogP contribution in [0.15, 0.2) is 34.7 Å². The molecule has 1 aromatic heterocycles. The zero-order valence-corrected chi connectivity index (χ0v) is 17.0. The minimum atomic E-state index is -0.299. The molecule has 2 aromatic rings. The minimum Gasteiger partial charge on any atom is -0.440 e. The summed E-state index contributed by atoms with van der Waals surface area (Å²) in [5.74, 6) is 1.88. The fourth-order valence-corrected chi connectivity index (χ4v) is 4.72. The maximum Gasteiger partial charge on any atom is 0.291 e. The molecule has 2 N–H and O–H groups in total. The predicted molar refractivity (Wildman–Crippen MR) is 113 cm³/mol. The summed E-state index contributed by atoms with van der Waals surface area (Å²) in [7, 11) is 0. The molecule has 29 heavy (non-hydrogen) atoms. The van der Waals surface area contributed by atoms with E-state index in [1.54, 1.807) is 6.07 Å². The van der Waals surface area contributed by atoms with Crippen LogP contribution in [-0.2, 0) is 0 Å². The molecule has 0 spiro atoms. The van der Waals surface area contributed by atoms with E-state index >= 15 is 0 Å². The normalized spacial score (nSPS) is 22.8. The van der Waals surface area contributed by atoms with Crippen LogP contribution in [0.2, 0.25) is 0 Å².